The first-order valence-corrected chi connectivity index (χ1v) is 9.82. The van der Waals surface area contributed by atoms with Gasteiger partial charge < -0.3 is 15.1 Å². The number of aromatic nitrogens is 2. The number of rotatable bonds is 6. The molecule has 2 aromatic rings. The summed E-state index contributed by atoms with van der Waals surface area (Å²) in [6, 6.07) is 9.47. The van der Waals surface area contributed by atoms with Crippen LogP contribution in [0.1, 0.15) is 19.0 Å². The molecule has 1 saturated heterocycles. The number of amides is 1. The molecule has 3 rings (SSSR count). The lowest BCUT2D eigenvalue weighted by molar-refractivity contribution is -1.01. The van der Waals surface area contributed by atoms with Crippen molar-refractivity contribution >= 4 is 11.6 Å². The molecule has 0 aliphatic carbocycles. The molecule has 7 nitrogen and oxygen atoms in total. The number of hydrogen-bond donors (Lipinski definition) is 3. The van der Waals surface area contributed by atoms with Crippen molar-refractivity contribution in [3.8, 4) is 5.69 Å². The summed E-state index contributed by atoms with van der Waals surface area (Å²) in [4.78, 5) is 28.4. The van der Waals surface area contributed by atoms with Gasteiger partial charge in [-0.2, -0.15) is 0 Å². The van der Waals surface area contributed by atoms with Crippen LogP contribution in [-0.2, 0) is 11.8 Å². The second kappa shape index (κ2) is 8.54. The Labute approximate surface area is 160 Å². The summed E-state index contributed by atoms with van der Waals surface area (Å²) >= 11 is 0. The van der Waals surface area contributed by atoms with E-state index in [4.69, 9.17) is 0 Å². The zero-order valence-electron chi connectivity index (χ0n) is 16.5. The topological polar surface area (TPSA) is 64.9 Å². The maximum atomic E-state index is 12.9. The predicted octanol–water partition coefficient (Wildman–Crippen LogP) is -1.38. The van der Waals surface area contributed by atoms with E-state index in [-0.39, 0.29) is 11.5 Å². The van der Waals surface area contributed by atoms with Gasteiger partial charge in [0.25, 0.3) is 11.5 Å². The van der Waals surface area contributed by atoms with E-state index in [2.05, 4.69) is 12.2 Å². The molecule has 0 atom stereocenters. The molecule has 27 heavy (non-hydrogen) atoms. The highest BCUT2D eigenvalue weighted by molar-refractivity contribution is 5.91. The van der Waals surface area contributed by atoms with Crippen molar-refractivity contribution in [2.24, 2.45) is 7.05 Å². The number of carbonyl (C=O) groups is 1. The van der Waals surface area contributed by atoms with Crippen LogP contribution >= 0.6 is 0 Å². The van der Waals surface area contributed by atoms with Gasteiger partial charge in [-0.15, -0.1) is 0 Å². The Morgan fingerprint density at radius 3 is 2.37 bits per heavy atom. The van der Waals surface area contributed by atoms with E-state index in [1.165, 1.54) is 17.9 Å². The van der Waals surface area contributed by atoms with E-state index in [0.717, 1.165) is 37.6 Å². The molecule has 0 unspecified atom stereocenters. The highest BCUT2D eigenvalue weighted by atomic mass is 16.2. The average molecular weight is 374 g/mol. The lowest BCUT2D eigenvalue weighted by Gasteiger charge is -2.29. The van der Waals surface area contributed by atoms with Gasteiger partial charge in [-0.3, -0.25) is 14.3 Å². The maximum Gasteiger partial charge on any atom is 0.295 e. The molecular weight excluding hydrogens is 342 g/mol. The number of benzene rings is 1. The highest BCUT2D eigenvalue weighted by Crippen LogP contribution is 2.13. The summed E-state index contributed by atoms with van der Waals surface area (Å²) in [5.74, 6) is -0.0880. The van der Waals surface area contributed by atoms with Crippen molar-refractivity contribution in [3.05, 3.63) is 46.4 Å². The Balaban J connectivity index is 1.68. The number of carbonyl (C=O) groups excluding carboxylic acids is 1. The number of anilines is 1. The van der Waals surface area contributed by atoms with Crippen molar-refractivity contribution in [3.63, 3.8) is 0 Å². The Morgan fingerprint density at radius 2 is 1.74 bits per heavy atom. The van der Waals surface area contributed by atoms with Gasteiger partial charge in [0.15, 0.2) is 6.54 Å². The number of para-hydroxylation sites is 1. The minimum absolute atomic E-state index is 0.0880. The first kappa shape index (κ1) is 19.4. The van der Waals surface area contributed by atoms with Gasteiger partial charge in [0.2, 0.25) is 0 Å². The zero-order valence-corrected chi connectivity index (χ0v) is 16.5. The highest BCUT2D eigenvalue weighted by Gasteiger charge is 2.25. The van der Waals surface area contributed by atoms with Crippen LogP contribution in [0.2, 0.25) is 0 Å². The van der Waals surface area contributed by atoms with Gasteiger partial charge in [0.1, 0.15) is 31.9 Å². The smallest absolute Gasteiger partial charge is 0.295 e. The molecule has 1 amide bonds. The summed E-state index contributed by atoms with van der Waals surface area (Å²) in [6.45, 7) is 9.93. The van der Waals surface area contributed by atoms with Gasteiger partial charge in [0, 0.05) is 7.05 Å². The molecule has 1 fully saturated rings. The standard InChI is InChI=1S/C20H29N5O2/c1-4-10-23-11-13-24(14-12-23)15-18(26)21-19-16(2)22(3)25(20(19)27)17-8-6-5-7-9-17/h5-9H,4,10-15H2,1-3H3,(H,21,26)/p+2. The Kier molecular flexibility index (Phi) is 6.13. The van der Waals surface area contributed by atoms with Gasteiger partial charge in [-0.25, -0.2) is 4.68 Å². The number of hydrogen-bond acceptors (Lipinski definition) is 2. The molecular formula is C20H31N5O2+2. The van der Waals surface area contributed by atoms with E-state index >= 15 is 0 Å². The molecule has 1 aliphatic heterocycles. The SMILES string of the molecule is CCC[NH+]1CC[NH+](CC(=O)Nc2c(C)n(C)n(-c3ccccc3)c2=O)CC1. The van der Waals surface area contributed by atoms with Crippen molar-refractivity contribution in [2.75, 3.05) is 44.6 Å². The third-order valence-corrected chi connectivity index (χ3v) is 5.50. The lowest BCUT2D eigenvalue weighted by Crippen LogP contribution is -3.28. The third-order valence-electron chi connectivity index (χ3n) is 5.50. The molecule has 1 aromatic carbocycles. The Morgan fingerprint density at radius 1 is 1.11 bits per heavy atom. The molecule has 3 N–H and O–H groups in total. The minimum atomic E-state index is -0.193. The van der Waals surface area contributed by atoms with Crippen LogP contribution in [0.5, 0.6) is 0 Å². The summed E-state index contributed by atoms with van der Waals surface area (Å²) in [7, 11) is 1.83. The van der Waals surface area contributed by atoms with Crippen LogP contribution in [0.3, 0.4) is 0 Å². The Bertz CT molecular complexity index is 832. The summed E-state index contributed by atoms with van der Waals surface area (Å²) < 4.78 is 3.37. The quantitative estimate of drug-likeness (QED) is 0.584. The molecule has 146 valence electrons. The molecule has 1 aliphatic rings. The van der Waals surface area contributed by atoms with E-state index in [9.17, 15) is 9.59 Å². The van der Waals surface area contributed by atoms with Gasteiger partial charge >= 0.3 is 0 Å². The molecule has 1 aromatic heterocycles. The van der Waals surface area contributed by atoms with Crippen LogP contribution in [-0.4, -0.2) is 54.5 Å². The van der Waals surface area contributed by atoms with Crippen LogP contribution in [0.4, 0.5) is 5.69 Å². The normalized spacial score (nSPS) is 19.8. The second-order valence-corrected chi connectivity index (χ2v) is 7.41. The van der Waals surface area contributed by atoms with Gasteiger partial charge in [-0.05, 0) is 25.5 Å². The van der Waals surface area contributed by atoms with E-state index < -0.39 is 0 Å². The maximum absolute atomic E-state index is 12.9. The number of piperazine rings is 1. The molecule has 2 heterocycles. The predicted molar refractivity (Wildman–Crippen MR) is 106 cm³/mol. The van der Waals surface area contributed by atoms with Crippen molar-refractivity contribution in [2.45, 2.75) is 20.3 Å². The number of quaternary nitrogens is 2. The fraction of sp³-hybridized carbons (Fsp3) is 0.500. The summed E-state index contributed by atoms with van der Waals surface area (Å²) in [5, 5.41) is 2.87. The summed E-state index contributed by atoms with van der Waals surface area (Å²) in [5.41, 5.74) is 1.72. The largest absolute Gasteiger partial charge is 0.326 e. The van der Waals surface area contributed by atoms with E-state index in [0.29, 0.717) is 12.2 Å². The second-order valence-electron chi connectivity index (χ2n) is 7.41. The number of nitrogens with one attached hydrogen (secondary N) is 3. The minimum Gasteiger partial charge on any atom is -0.326 e. The molecule has 7 heteroatoms. The molecule has 0 radical (unpaired) electrons. The third kappa shape index (κ3) is 4.31. The van der Waals surface area contributed by atoms with Crippen molar-refractivity contribution in [1.82, 2.24) is 9.36 Å². The van der Waals surface area contributed by atoms with Crippen LogP contribution < -0.4 is 20.7 Å². The molecule has 0 spiro atoms. The fourth-order valence-electron chi connectivity index (χ4n) is 3.86. The zero-order chi connectivity index (χ0) is 19.4. The van der Waals surface area contributed by atoms with Crippen molar-refractivity contribution in [1.29, 1.82) is 0 Å². The monoisotopic (exact) mass is 373 g/mol. The van der Waals surface area contributed by atoms with Crippen LogP contribution in [0.25, 0.3) is 5.69 Å². The number of nitrogens with zero attached hydrogens (tertiary/aromatic N) is 2. The molecule has 0 bridgehead atoms. The first-order valence-electron chi connectivity index (χ1n) is 9.82. The van der Waals surface area contributed by atoms with Gasteiger partial charge in [0.05, 0.1) is 17.9 Å². The molecule has 0 saturated carbocycles. The van der Waals surface area contributed by atoms with E-state index in [1.54, 1.807) is 14.3 Å². The fourth-order valence-corrected chi connectivity index (χ4v) is 3.86. The van der Waals surface area contributed by atoms with Crippen molar-refractivity contribution < 1.29 is 14.6 Å². The Hall–Kier alpha value is -2.38. The average Bonchev–Trinajstić information content (AvgIpc) is 2.87. The van der Waals surface area contributed by atoms with Gasteiger partial charge in [-0.1, -0.05) is 25.1 Å². The lowest BCUT2D eigenvalue weighted by atomic mass is 10.3. The summed E-state index contributed by atoms with van der Waals surface area (Å²) in [6.07, 6.45) is 1.20. The van der Waals surface area contributed by atoms with Crippen LogP contribution in [0, 0.1) is 6.92 Å². The van der Waals surface area contributed by atoms with E-state index in [1.807, 2.05) is 44.3 Å². The van der Waals surface area contributed by atoms with Crippen LogP contribution in [0.15, 0.2) is 35.1 Å². The first-order chi connectivity index (χ1) is 13.0.